The van der Waals surface area contributed by atoms with E-state index in [2.05, 4.69) is 40.3 Å². The van der Waals surface area contributed by atoms with Crippen molar-refractivity contribution in [3.63, 3.8) is 0 Å². The second kappa shape index (κ2) is 10.3. The molecule has 0 fully saturated rings. The van der Waals surface area contributed by atoms with Crippen LogP contribution >= 0.6 is 15.9 Å². The monoisotopic (exact) mass is 467 g/mol. The minimum Gasteiger partial charge on any atom is -0.493 e. The van der Waals surface area contributed by atoms with Crippen LogP contribution in [-0.4, -0.2) is 20.1 Å². The Morgan fingerprint density at radius 1 is 0.967 bits per heavy atom. The number of amides is 1. The Kier molecular flexibility index (Phi) is 7.52. The van der Waals surface area contributed by atoms with E-state index < -0.39 is 0 Å². The molecule has 0 saturated carbocycles. The lowest BCUT2D eigenvalue weighted by molar-refractivity contribution is 0.0936. The minimum absolute atomic E-state index is 0.111. The molecule has 0 aliphatic heterocycles. The zero-order valence-corrected chi connectivity index (χ0v) is 19.0. The summed E-state index contributed by atoms with van der Waals surface area (Å²) in [5.74, 6) is 1.23. The summed E-state index contributed by atoms with van der Waals surface area (Å²) in [7, 11) is 3.26. The molecule has 5 heteroatoms. The van der Waals surface area contributed by atoms with Crippen LogP contribution in [0.5, 0.6) is 11.5 Å². The molecule has 30 heavy (non-hydrogen) atoms. The first-order valence-corrected chi connectivity index (χ1v) is 10.7. The van der Waals surface area contributed by atoms with Crippen molar-refractivity contribution >= 4 is 21.8 Å². The number of benzene rings is 3. The van der Waals surface area contributed by atoms with Crippen LogP contribution in [0.25, 0.3) is 0 Å². The maximum atomic E-state index is 13.0. The van der Waals surface area contributed by atoms with Crippen LogP contribution in [0.2, 0.25) is 0 Å². The van der Waals surface area contributed by atoms with E-state index in [9.17, 15) is 4.79 Å². The third-order valence-corrected chi connectivity index (χ3v) is 5.62. The number of rotatable bonds is 8. The summed E-state index contributed by atoms with van der Waals surface area (Å²) in [6, 6.07) is 21.3. The molecule has 1 N–H and O–H groups in total. The van der Waals surface area contributed by atoms with Gasteiger partial charge in [0, 0.05) is 10.0 Å². The van der Waals surface area contributed by atoms with E-state index in [0.717, 1.165) is 27.6 Å². The zero-order valence-electron chi connectivity index (χ0n) is 17.4. The lowest BCUT2D eigenvalue weighted by Crippen LogP contribution is -2.30. The third kappa shape index (κ3) is 5.22. The van der Waals surface area contributed by atoms with Crippen LogP contribution in [0.1, 0.15) is 40.0 Å². The summed E-state index contributed by atoms with van der Waals surface area (Å²) < 4.78 is 12.0. The second-order valence-corrected chi connectivity index (χ2v) is 7.90. The highest BCUT2D eigenvalue weighted by Crippen LogP contribution is 2.35. The average Bonchev–Trinajstić information content (AvgIpc) is 2.78. The summed E-state index contributed by atoms with van der Waals surface area (Å²) in [5, 5.41) is 3.23. The van der Waals surface area contributed by atoms with Gasteiger partial charge in [-0.15, -0.1) is 0 Å². The molecule has 0 spiro atoms. The Morgan fingerprint density at radius 3 is 2.20 bits per heavy atom. The van der Waals surface area contributed by atoms with Crippen LogP contribution in [0, 0.1) is 0 Å². The molecule has 1 unspecified atom stereocenters. The fourth-order valence-electron chi connectivity index (χ4n) is 3.50. The lowest BCUT2D eigenvalue weighted by Gasteiger charge is -2.24. The van der Waals surface area contributed by atoms with Gasteiger partial charge in [-0.2, -0.15) is 0 Å². The number of nitrogens with one attached hydrogen (secondary N) is 1. The smallest absolute Gasteiger partial charge is 0.251 e. The van der Waals surface area contributed by atoms with Crippen LogP contribution in [0.4, 0.5) is 0 Å². The topological polar surface area (TPSA) is 47.6 Å². The maximum absolute atomic E-state index is 13.0. The zero-order chi connectivity index (χ0) is 21.5. The number of methoxy groups -OCH3 is 2. The molecule has 0 aliphatic carbocycles. The number of carbonyl (C=O) groups excluding carboxylic acids is 1. The van der Waals surface area contributed by atoms with Gasteiger partial charge in [0.25, 0.3) is 5.91 Å². The van der Waals surface area contributed by atoms with Gasteiger partial charge < -0.3 is 14.8 Å². The Hall–Kier alpha value is -2.79. The first-order chi connectivity index (χ1) is 14.5. The summed E-state index contributed by atoms with van der Waals surface area (Å²) in [6.45, 7) is 2.10. The Bertz CT molecular complexity index is 987. The Morgan fingerprint density at radius 2 is 1.60 bits per heavy atom. The lowest BCUT2D eigenvalue weighted by atomic mass is 9.92. The Labute approximate surface area is 186 Å². The molecule has 0 saturated heterocycles. The van der Waals surface area contributed by atoms with Gasteiger partial charge in [-0.3, -0.25) is 4.79 Å². The van der Waals surface area contributed by atoms with Gasteiger partial charge in [0.15, 0.2) is 11.5 Å². The van der Waals surface area contributed by atoms with E-state index in [1.54, 1.807) is 14.2 Å². The molecule has 1 atom stereocenters. The molecule has 3 aromatic carbocycles. The molecule has 3 aromatic rings. The molecular weight excluding hydrogens is 442 g/mol. The van der Waals surface area contributed by atoms with E-state index in [-0.39, 0.29) is 11.9 Å². The first kappa shape index (κ1) is 21.9. The van der Waals surface area contributed by atoms with E-state index in [0.29, 0.717) is 23.5 Å². The number of halogens is 1. The van der Waals surface area contributed by atoms with Crippen molar-refractivity contribution in [3.8, 4) is 11.5 Å². The SMILES string of the molecule is CCc1cc(OC)c(OC)cc1C(Cc1ccccc1)NC(=O)c1ccc(Br)cc1. The van der Waals surface area contributed by atoms with Gasteiger partial charge in [0.1, 0.15) is 0 Å². The van der Waals surface area contributed by atoms with Crippen molar-refractivity contribution in [2.75, 3.05) is 14.2 Å². The fourth-order valence-corrected chi connectivity index (χ4v) is 3.76. The number of ether oxygens (including phenoxy) is 2. The highest BCUT2D eigenvalue weighted by atomic mass is 79.9. The highest BCUT2D eigenvalue weighted by Gasteiger charge is 2.21. The van der Waals surface area contributed by atoms with E-state index in [4.69, 9.17) is 9.47 Å². The summed E-state index contributed by atoms with van der Waals surface area (Å²) in [5.41, 5.74) is 3.92. The quantitative estimate of drug-likeness (QED) is 0.459. The van der Waals surface area contributed by atoms with Gasteiger partial charge in [0.05, 0.1) is 20.3 Å². The highest BCUT2D eigenvalue weighted by molar-refractivity contribution is 9.10. The van der Waals surface area contributed by atoms with Gasteiger partial charge in [-0.1, -0.05) is 53.2 Å². The predicted octanol–water partition coefficient (Wildman–Crippen LogP) is 5.74. The van der Waals surface area contributed by atoms with Crippen molar-refractivity contribution in [1.82, 2.24) is 5.32 Å². The average molecular weight is 468 g/mol. The standard InChI is InChI=1S/C25H26BrNO3/c1-4-18-15-23(29-2)24(30-3)16-21(18)22(14-17-8-6-5-7-9-17)27-25(28)19-10-12-20(26)13-11-19/h5-13,15-16,22H,4,14H2,1-3H3,(H,27,28). The molecule has 0 aromatic heterocycles. The molecule has 0 bridgehead atoms. The normalized spacial score (nSPS) is 11.6. The first-order valence-electron chi connectivity index (χ1n) is 9.90. The van der Waals surface area contributed by atoms with Gasteiger partial charge in [-0.05, 0) is 65.9 Å². The van der Waals surface area contributed by atoms with Crippen LogP contribution in [-0.2, 0) is 12.8 Å². The van der Waals surface area contributed by atoms with Crippen LogP contribution in [0.3, 0.4) is 0 Å². The largest absolute Gasteiger partial charge is 0.493 e. The summed E-state index contributed by atoms with van der Waals surface area (Å²) >= 11 is 3.42. The van der Waals surface area contributed by atoms with Crippen LogP contribution < -0.4 is 14.8 Å². The maximum Gasteiger partial charge on any atom is 0.251 e. The Balaban J connectivity index is 2.00. The van der Waals surface area contributed by atoms with Gasteiger partial charge in [0.2, 0.25) is 0 Å². The van der Waals surface area contributed by atoms with E-state index in [1.807, 2.05) is 54.6 Å². The van der Waals surface area contributed by atoms with Gasteiger partial charge >= 0.3 is 0 Å². The van der Waals surface area contributed by atoms with Crippen molar-refractivity contribution in [2.24, 2.45) is 0 Å². The molecule has 0 aliphatic rings. The molecule has 4 nitrogen and oxygen atoms in total. The van der Waals surface area contributed by atoms with Gasteiger partial charge in [-0.25, -0.2) is 0 Å². The van der Waals surface area contributed by atoms with E-state index >= 15 is 0 Å². The second-order valence-electron chi connectivity index (χ2n) is 6.98. The summed E-state index contributed by atoms with van der Waals surface area (Å²) in [4.78, 5) is 13.0. The van der Waals surface area contributed by atoms with Crippen molar-refractivity contribution in [1.29, 1.82) is 0 Å². The number of carbonyl (C=O) groups is 1. The molecule has 0 heterocycles. The number of aryl methyl sites for hydroxylation is 1. The molecule has 1 amide bonds. The number of hydrogen-bond acceptors (Lipinski definition) is 3. The molecule has 156 valence electrons. The summed E-state index contributed by atoms with van der Waals surface area (Å²) in [6.07, 6.45) is 1.49. The van der Waals surface area contributed by atoms with E-state index in [1.165, 1.54) is 0 Å². The number of hydrogen-bond donors (Lipinski definition) is 1. The van der Waals surface area contributed by atoms with Crippen molar-refractivity contribution in [3.05, 3.63) is 93.5 Å². The van der Waals surface area contributed by atoms with Crippen LogP contribution in [0.15, 0.2) is 71.2 Å². The fraction of sp³-hybridized carbons (Fsp3) is 0.240. The minimum atomic E-state index is -0.210. The van der Waals surface area contributed by atoms with Crippen molar-refractivity contribution in [2.45, 2.75) is 25.8 Å². The molecule has 0 radical (unpaired) electrons. The molecular formula is C25H26BrNO3. The molecule has 3 rings (SSSR count). The van der Waals surface area contributed by atoms with Crippen molar-refractivity contribution < 1.29 is 14.3 Å². The third-order valence-electron chi connectivity index (χ3n) is 5.10. The predicted molar refractivity (Wildman–Crippen MR) is 123 cm³/mol.